The van der Waals surface area contributed by atoms with Crippen LogP contribution in [0.3, 0.4) is 0 Å². The Balaban J connectivity index is 1.66. The molecule has 2 saturated carbocycles. The number of hydrogen-bond donors (Lipinski definition) is 1. The van der Waals surface area contributed by atoms with E-state index in [0.29, 0.717) is 23.1 Å². The summed E-state index contributed by atoms with van der Waals surface area (Å²) < 4.78 is 24.2. The third kappa shape index (κ3) is 6.77. The number of esters is 4. The number of ether oxygens (including phenoxy) is 4. The number of rotatable bonds is 6. The molecular weight excluding hydrogens is 600 g/mol. The van der Waals surface area contributed by atoms with Crippen molar-refractivity contribution in [1.82, 2.24) is 0 Å². The molecule has 0 saturated heterocycles. The van der Waals surface area contributed by atoms with Gasteiger partial charge in [-0.15, -0.1) is 0 Å². The van der Waals surface area contributed by atoms with Crippen molar-refractivity contribution in [3.05, 3.63) is 95.6 Å². The van der Waals surface area contributed by atoms with Crippen molar-refractivity contribution in [2.24, 2.45) is 29.1 Å². The van der Waals surface area contributed by atoms with Crippen LogP contribution in [0, 0.1) is 29.1 Å². The Kier molecular flexibility index (Phi) is 9.51. The average Bonchev–Trinajstić information content (AvgIpc) is 3.41. The summed E-state index contributed by atoms with van der Waals surface area (Å²) in [6.45, 7) is 14.7. The SMILES string of the molecule is C=C1[C@H](OC(=O)c2ccccc2)C[C@H]2[C@@H](/C=C(\C)[C@H](OC(C)=O)[C@@]3(O)C[C@H](C)[C@H](OC(=O)c4ccccc4)[C@@H]3[C@H]1OC(C)=O)C2(C)C. The van der Waals surface area contributed by atoms with Crippen molar-refractivity contribution in [2.45, 2.75) is 84.4 Å². The van der Waals surface area contributed by atoms with Gasteiger partial charge in [0.15, 0.2) is 6.10 Å². The monoisotopic (exact) mass is 644 g/mol. The molecule has 0 radical (unpaired) electrons. The van der Waals surface area contributed by atoms with E-state index in [0.717, 1.165) is 0 Å². The minimum atomic E-state index is -1.87. The zero-order valence-corrected chi connectivity index (χ0v) is 27.8. The van der Waals surface area contributed by atoms with E-state index in [-0.39, 0.29) is 29.2 Å². The molecule has 2 fully saturated rings. The number of fused-ring (bicyclic) bond motifs is 2. The molecule has 3 aliphatic rings. The predicted octanol–water partition coefficient (Wildman–Crippen LogP) is 5.87. The quantitative estimate of drug-likeness (QED) is 0.234. The number of hydrogen-bond acceptors (Lipinski definition) is 9. The smallest absolute Gasteiger partial charge is 0.338 e. The van der Waals surface area contributed by atoms with Gasteiger partial charge >= 0.3 is 23.9 Å². The van der Waals surface area contributed by atoms with Crippen molar-refractivity contribution in [2.75, 3.05) is 0 Å². The van der Waals surface area contributed by atoms with E-state index in [1.807, 2.05) is 19.9 Å². The van der Waals surface area contributed by atoms with Crippen LogP contribution in [0.2, 0.25) is 0 Å². The number of carbonyl (C=O) groups is 4. The van der Waals surface area contributed by atoms with E-state index in [1.54, 1.807) is 60.7 Å². The summed E-state index contributed by atoms with van der Waals surface area (Å²) in [7, 11) is 0. The third-order valence-electron chi connectivity index (χ3n) is 10.3. The maximum Gasteiger partial charge on any atom is 0.338 e. The minimum absolute atomic E-state index is 0.00384. The fourth-order valence-corrected chi connectivity index (χ4v) is 7.79. The lowest BCUT2D eigenvalue weighted by Gasteiger charge is -2.43. The van der Waals surface area contributed by atoms with Crippen molar-refractivity contribution in [3.63, 3.8) is 0 Å². The largest absolute Gasteiger partial charge is 0.458 e. The zero-order chi connectivity index (χ0) is 34.3. The third-order valence-corrected chi connectivity index (χ3v) is 10.3. The lowest BCUT2D eigenvalue weighted by atomic mass is 9.75. The Hall–Kier alpha value is -4.24. The molecule has 0 amide bonds. The van der Waals surface area contributed by atoms with Crippen molar-refractivity contribution in [1.29, 1.82) is 0 Å². The number of benzene rings is 2. The summed E-state index contributed by atoms with van der Waals surface area (Å²) in [5, 5.41) is 12.9. The van der Waals surface area contributed by atoms with E-state index in [4.69, 9.17) is 18.9 Å². The van der Waals surface area contributed by atoms with Crippen LogP contribution >= 0.6 is 0 Å². The highest BCUT2D eigenvalue weighted by molar-refractivity contribution is 5.90. The first-order valence-corrected chi connectivity index (χ1v) is 16.1. The fraction of sp³-hybridized carbons (Fsp3) is 0.474. The van der Waals surface area contributed by atoms with E-state index in [9.17, 15) is 24.3 Å². The van der Waals surface area contributed by atoms with Crippen LogP contribution in [0.5, 0.6) is 0 Å². The molecule has 9 nitrogen and oxygen atoms in total. The highest BCUT2D eigenvalue weighted by atomic mass is 16.6. The van der Waals surface area contributed by atoms with Crippen molar-refractivity contribution < 1.29 is 43.2 Å². The first-order chi connectivity index (χ1) is 22.1. The molecule has 0 aliphatic heterocycles. The highest BCUT2D eigenvalue weighted by Crippen LogP contribution is 2.63. The van der Waals surface area contributed by atoms with Gasteiger partial charge in [0.25, 0.3) is 0 Å². The van der Waals surface area contributed by atoms with Crippen LogP contribution in [0.15, 0.2) is 84.5 Å². The molecule has 1 N–H and O–H groups in total. The van der Waals surface area contributed by atoms with Gasteiger partial charge in [-0.2, -0.15) is 0 Å². The maximum absolute atomic E-state index is 13.5. The standard InChI is InChI=1S/C38H44O9/c1-21-18-28-29(37(28,6)7)19-30(46-35(41)26-14-10-8-11-15-26)23(3)33(44-24(4)39)31-32(47-36(42)27-16-12-9-13-17-27)22(2)20-38(31,43)34(21)45-25(5)40/h8-18,22,28-34,43H,3,19-20H2,1-2,4-7H3/b21-18+/t22-,28+,29-,30+,31+,32-,33-,34-,38+/m0/s1. The van der Waals surface area contributed by atoms with Gasteiger partial charge in [-0.1, -0.05) is 69.8 Å². The summed E-state index contributed by atoms with van der Waals surface area (Å²) in [5.74, 6) is -4.06. The first-order valence-electron chi connectivity index (χ1n) is 16.1. The molecule has 9 heteroatoms. The van der Waals surface area contributed by atoms with Crippen LogP contribution < -0.4 is 0 Å². The van der Waals surface area contributed by atoms with Gasteiger partial charge in [-0.05, 0) is 72.8 Å². The summed E-state index contributed by atoms with van der Waals surface area (Å²) in [4.78, 5) is 52.3. The lowest BCUT2D eigenvalue weighted by Crippen LogP contribution is -2.56. The van der Waals surface area contributed by atoms with E-state index >= 15 is 0 Å². The van der Waals surface area contributed by atoms with E-state index < -0.39 is 65.7 Å². The molecular formula is C38H44O9. The molecule has 47 heavy (non-hydrogen) atoms. The molecule has 0 aromatic heterocycles. The normalized spacial score (nSPS) is 33.9. The fourth-order valence-electron chi connectivity index (χ4n) is 7.79. The molecule has 9 atom stereocenters. The number of carbonyl (C=O) groups excluding carboxylic acids is 4. The molecule has 250 valence electrons. The maximum atomic E-state index is 13.5. The molecule has 0 bridgehead atoms. The molecule has 3 aliphatic carbocycles. The van der Waals surface area contributed by atoms with Crippen LogP contribution in [0.1, 0.15) is 75.1 Å². The van der Waals surface area contributed by atoms with Gasteiger partial charge in [-0.3, -0.25) is 9.59 Å². The minimum Gasteiger partial charge on any atom is -0.458 e. The van der Waals surface area contributed by atoms with E-state index in [2.05, 4.69) is 20.4 Å². The second-order valence-corrected chi connectivity index (χ2v) is 13.9. The summed E-state index contributed by atoms with van der Waals surface area (Å²) in [6, 6.07) is 17.0. The number of aliphatic hydroxyl groups is 1. The van der Waals surface area contributed by atoms with Gasteiger partial charge in [0, 0.05) is 19.4 Å². The Morgan fingerprint density at radius 3 is 1.89 bits per heavy atom. The van der Waals surface area contributed by atoms with Gasteiger partial charge in [0.1, 0.15) is 23.9 Å². The Bertz CT molecular complexity index is 1560. The van der Waals surface area contributed by atoms with Crippen molar-refractivity contribution in [3.8, 4) is 0 Å². The second-order valence-electron chi connectivity index (χ2n) is 13.9. The Morgan fingerprint density at radius 1 is 0.830 bits per heavy atom. The predicted molar refractivity (Wildman–Crippen MR) is 173 cm³/mol. The molecule has 0 spiro atoms. The van der Waals surface area contributed by atoms with E-state index in [1.165, 1.54) is 13.8 Å². The summed E-state index contributed by atoms with van der Waals surface area (Å²) >= 11 is 0. The van der Waals surface area contributed by atoms with Crippen molar-refractivity contribution >= 4 is 23.9 Å². The molecule has 2 aromatic rings. The second kappa shape index (κ2) is 13.1. The highest BCUT2D eigenvalue weighted by Gasteiger charge is 2.65. The van der Waals surface area contributed by atoms with Crippen LogP contribution in [0.4, 0.5) is 0 Å². The lowest BCUT2D eigenvalue weighted by molar-refractivity contribution is -0.179. The Labute approximate surface area is 275 Å². The molecule has 2 aromatic carbocycles. The summed E-state index contributed by atoms with van der Waals surface area (Å²) in [5.41, 5.74) is -0.568. The van der Waals surface area contributed by atoms with Crippen LogP contribution in [0.25, 0.3) is 0 Å². The average molecular weight is 645 g/mol. The van der Waals surface area contributed by atoms with Crippen LogP contribution in [-0.2, 0) is 28.5 Å². The molecule has 5 rings (SSSR count). The van der Waals surface area contributed by atoms with Gasteiger partial charge < -0.3 is 24.1 Å². The molecule has 0 unspecified atom stereocenters. The molecule has 0 heterocycles. The first kappa shape index (κ1) is 34.1. The summed E-state index contributed by atoms with van der Waals surface area (Å²) in [6.07, 6.45) is -1.93. The van der Waals surface area contributed by atoms with Gasteiger partial charge in [0.05, 0.1) is 17.0 Å². The van der Waals surface area contributed by atoms with Gasteiger partial charge in [-0.25, -0.2) is 9.59 Å². The topological polar surface area (TPSA) is 125 Å². The zero-order valence-electron chi connectivity index (χ0n) is 27.8. The van der Waals surface area contributed by atoms with Crippen LogP contribution in [-0.4, -0.2) is 59.0 Å². The van der Waals surface area contributed by atoms with Gasteiger partial charge in [0.2, 0.25) is 0 Å². The number of allylic oxidation sites excluding steroid dienone is 1. The Morgan fingerprint density at radius 2 is 1.36 bits per heavy atom.